The number of halogens is 2. The summed E-state index contributed by atoms with van der Waals surface area (Å²) in [5.74, 6) is -2.62. The Morgan fingerprint density at radius 3 is 1.82 bits per heavy atom. The molecule has 0 aliphatic carbocycles. The van der Waals surface area contributed by atoms with Gasteiger partial charge in [0.25, 0.3) is 5.92 Å². The van der Waals surface area contributed by atoms with Crippen molar-refractivity contribution in [1.82, 2.24) is 19.5 Å². The monoisotopic (exact) mass is 718 g/mol. The van der Waals surface area contributed by atoms with Gasteiger partial charge in [-0.25, -0.2) is 4.98 Å². The first-order chi connectivity index (χ1) is 27.1. The molecule has 9 aromatic rings. The number of aromatic nitrogens is 4. The number of alkyl halides is 2. The molecule has 264 valence electrons. The molecule has 0 saturated carbocycles. The number of benzene rings is 5. The fourth-order valence-electron chi connectivity index (χ4n) is 7.92. The van der Waals surface area contributed by atoms with Crippen LogP contribution in [-0.2, 0) is 5.92 Å². The molecular formula is C47H32F2N6. The van der Waals surface area contributed by atoms with Gasteiger partial charge in [0.05, 0.1) is 28.1 Å². The quantitative estimate of drug-likeness (QED) is 0.164. The molecule has 4 aromatic heterocycles. The fourth-order valence-corrected chi connectivity index (χ4v) is 7.92. The van der Waals surface area contributed by atoms with Crippen molar-refractivity contribution in [2.75, 3.05) is 16.5 Å². The van der Waals surface area contributed by atoms with Gasteiger partial charge in [-0.15, -0.1) is 0 Å². The van der Waals surface area contributed by atoms with Gasteiger partial charge in [-0.2, -0.15) is 8.78 Å². The molecule has 55 heavy (non-hydrogen) atoms. The Hall–Kier alpha value is -7.19. The van der Waals surface area contributed by atoms with Gasteiger partial charge in [-0.05, 0) is 83.9 Å². The van der Waals surface area contributed by atoms with Crippen LogP contribution in [0.3, 0.4) is 0 Å². The van der Waals surface area contributed by atoms with Crippen LogP contribution in [0.1, 0.15) is 11.1 Å². The molecule has 10 rings (SSSR count). The lowest BCUT2D eigenvalue weighted by atomic mass is 9.96. The van der Waals surface area contributed by atoms with Crippen LogP contribution >= 0.6 is 0 Å². The van der Waals surface area contributed by atoms with Crippen molar-refractivity contribution in [2.45, 2.75) is 5.92 Å². The predicted molar refractivity (Wildman–Crippen MR) is 217 cm³/mol. The summed E-state index contributed by atoms with van der Waals surface area (Å²) in [6.45, 7) is 0.407. The van der Waals surface area contributed by atoms with Gasteiger partial charge in [0, 0.05) is 69.7 Å². The second-order valence-electron chi connectivity index (χ2n) is 13.6. The normalized spacial score (nSPS) is 12.8. The number of fused-ring (bicyclic) bond motifs is 4. The highest BCUT2D eigenvalue weighted by molar-refractivity contribution is 6.09. The number of anilines is 4. The van der Waals surface area contributed by atoms with E-state index in [1.165, 1.54) is 6.07 Å². The standard InChI is InChI=1S/C47H32F2N6/c48-47(49,35-18-19-40-39-11-1-2-14-41(39)55(44(40)30-35)45-17-5-6-24-52-45)34-9-7-10-36(29-34)53-31-54(43-16-4-3-15-42(43)53)46-37(32-20-25-50-26-21-32)12-8-13-38(46)33-22-27-51-28-23-33/h1-30H,31H2. The molecule has 0 bridgehead atoms. The minimum atomic E-state index is -3.29. The fraction of sp³-hybridized carbons (Fsp3) is 0.0426. The molecule has 5 heterocycles. The number of pyridine rings is 3. The van der Waals surface area contributed by atoms with Crippen LogP contribution in [0.2, 0.25) is 0 Å². The van der Waals surface area contributed by atoms with Crippen molar-refractivity contribution in [3.05, 3.63) is 194 Å². The minimum Gasteiger partial charge on any atom is -0.321 e. The van der Waals surface area contributed by atoms with E-state index in [-0.39, 0.29) is 11.1 Å². The van der Waals surface area contributed by atoms with E-state index in [9.17, 15) is 0 Å². The van der Waals surface area contributed by atoms with Crippen molar-refractivity contribution in [1.29, 1.82) is 0 Å². The molecule has 0 saturated heterocycles. The highest BCUT2D eigenvalue weighted by atomic mass is 19.3. The highest BCUT2D eigenvalue weighted by Crippen LogP contribution is 2.50. The van der Waals surface area contributed by atoms with E-state index >= 15 is 8.78 Å². The molecule has 1 aliphatic rings. The summed E-state index contributed by atoms with van der Waals surface area (Å²) in [4.78, 5) is 17.5. The second-order valence-corrected chi connectivity index (χ2v) is 13.6. The zero-order valence-corrected chi connectivity index (χ0v) is 29.5. The summed E-state index contributed by atoms with van der Waals surface area (Å²) in [6.07, 6.45) is 8.90. The Labute approximate surface area is 316 Å². The smallest absolute Gasteiger partial charge is 0.298 e. The van der Waals surface area contributed by atoms with Crippen LogP contribution < -0.4 is 9.80 Å². The molecule has 6 nitrogen and oxygen atoms in total. The SMILES string of the molecule is FC(F)(c1cccc(N2CN(c3c(-c4ccncc4)cccc3-c3ccncc3)c3ccccc32)c1)c1ccc2c3ccccc3n(-c3ccccn3)c2c1. The molecule has 0 unspecified atom stereocenters. The number of para-hydroxylation sites is 4. The van der Waals surface area contributed by atoms with E-state index in [1.54, 1.807) is 61.3 Å². The summed E-state index contributed by atoms with van der Waals surface area (Å²) < 4.78 is 35.8. The molecule has 0 N–H and O–H groups in total. The average Bonchev–Trinajstić information content (AvgIpc) is 3.80. The first-order valence-corrected chi connectivity index (χ1v) is 18.1. The molecule has 0 spiro atoms. The summed E-state index contributed by atoms with van der Waals surface area (Å²) in [5.41, 5.74) is 9.11. The molecule has 0 atom stereocenters. The average molecular weight is 719 g/mol. The summed E-state index contributed by atoms with van der Waals surface area (Å²) in [6, 6.07) is 47.8. The van der Waals surface area contributed by atoms with Gasteiger partial charge in [0.2, 0.25) is 0 Å². The molecule has 5 aromatic carbocycles. The van der Waals surface area contributed by atoms with Crippen LogP contribution in [0.4, 0.5) is 31.5 Å². The molecule has 0 fully saturated rings. The van der Waals surface area contributed by atoms with Gasteiger partial charge in [0.1, 0.15) is 12.5 Å². The topological polar surface area (TPSA) is 50.1 Å². The maximum atomic E-state index is 16.9. The summed E-state index contributed by atoms with van der Waals surface area (Å²) >= 11 is 0. The van der Waals surface area contributed by atoms with Gasteiger partial charge >= 0.3 is 0 Å². The zero-order valence-electron chi connectivity index (χ0n) is 29.5. The van der Waals surface area contributed by atoms with Crippen molar-refractivity contribution in [2.24, 2.45) is 0 Å². The zero-order chi connectivity index (χ0) is 36.9. The van der Waals surface area contributed by atoms with Gasteiger partial charge < -0.3 is 9.80 Å². The van der Waals surface area contributed by atoms with Gasteiger partial charge in [0.15, 0.2) is 0 Å². The third kappa shape index (κ3) is 5.41. The number of hydrogen-bond donors (Lipinski definition) is 0. The van der Waals surface area contributed by atoms with Crippen molar-refractivity contribution in [3.63, 3.8) is 0 Å². The van der Waals surface area contributed by atoms with E-state index in [4.69, 9.17) is 0 Å². The number of rotatable bonds is 7. The van der Waals surface area contributed by atoms with Crippen LogP contribution in [-0.4, -0.2) is 26.2 Å². The Morgan fingerprint density at radius 2 is 1.11 bits per heavy atom. The predicted octanol–water partition coefficient (Wildman–Crippen LogP) is 11.7. The largest absolute Gasteiger partial charge is 0.321 e. The summed E-state index contributed by atoms with van der Waals surface area (Å²) in [5, 5.41) is 1.87. The van der Waals surface area contributed by atoms with E-state index < -0.39 is 5.92 Å². The van der Waals surface area contributed by atoms with Crippen LogP contribution in [0.25, 0.3) is 49.9 Å². The Morgan fingerprint density at radius 1 is 0.491 bits per heavy atom. The maximum Gasteiger partial charge on any atom is 0.298 e. The number of nitrogens with zero attached hydrogens (tertiary/aromatic N) is 6. The third-order valence-electron chi connectivity index (χ3n) is 10.5. The lowest BCUT2D eigenvalue weighted by Crippen LogP contribution is -2.25. The van der Waals surface area contributed by atoms with Gasteiger partial charge in [-0.1, -0.05) is 78.9 Å². The lowest BCUT2D eigenvalue weighted by molar-refractivity contribution is 0.0430. The molecule has 0 amide bonds. The van der Waals surface area contributed by atoms with Crippen molar-refractivity contribution < 1.29 is 8.78 Å². The van der Waals surface area contributed by atoms with E-state index in [0.717, 1.165) is 55.6 Å². The second kappa shape index (κ2) is 13.0. The summed E-state index contributed by atoms with van der Waals surface area (Å²) in [7, 11) is 0. The van der Waals surface area contributed by atoms with E-state index in [1.807, 2.05) is 95.6 Å². The Kier molecular flexibility index (Phi) is 7.69. The Bertz CT molecular complexity index is 2780. The van der Waals surface area contributed by atoms with Crippen LogP contribution in [0.5, 0.6) is 0 Å². The first-order valence-electron chi connectivity index (χ1n) is 18.1. The van der Waals surface area contributed by atoms with Gasteiger partial charge in [-0.3, -0.25) is 14.5 Å². The molecule has 0 radical (unpaired) electrons. The van der Waals surface area contributed by atoms with Crippen LogP contribution in [0, 0.1) is 0 Å². The lowest BCUT2D eigenvalue weighted by Gasteiger charge is -2.27. The molecular weight excluding hydrogens is 687 g/mol. The van der Waals surface area contributed by atoms with Crippen molar-refractivity contribution >= 4 is 44.6 Å². The van der Waals surface area contributed by atoms with Crippen molar-refractivity contribution in [3.8, 4) is 28.1 Å². The van der Waals surface area contributed by atoms with E-state index in [0.29, 0.717) is 23.7 Å². The first kappa shape index (κ1) is 32.5. The maximum absolute atomic E-state index is 16.9. The highest BCUT2D eigenvalue weighted by Gasteiger charge is 2.37. The van der Waals surface area contributed by atoms with E-state index in [2.05, 4.69) is 49.0 Å². The molecule has 8 heteroatoms. The third-order valence-corrected chi connectivity index (χ3v) is 10.5. The minimum absolute atomic E-state index is 0.0876. The molecule has 1 aliphatic heterocycles. The Balaban J connectivity index is 1.07. The van der Waals surface area contributed by atoms with Crippen LogP contribution in [0.15, 0.2) is 183 Å². The number of hydrogen-bond acceptors (Lipinski definition) is 5.